The lowest BCUT2D eigenvalue weighted by atomic mass is 10.1. The van der Waals surface area contributed by atoms with Gasteiger partial charge in [-0.15, -0.1) is 0 Å². The van der Waals surface area contributed by atoms with Gasteiger partial charge in [0.2, 0.25) is 0 Å². The second-order valence-electron chi connectivity index (χ2n) is 3.36. The Morgan fingerprint density at radius 2 is 2.13 bits per heavy atom. The van der Waals surface area contributed by atoms with Gasteiger partial charge in [-0.05, 0) is 31.0 Å². The fourth-order valence-corrected chi connectivity index (χ4v) is 1.34. The molecule has 4 N–H and O–H groups in total. The number of carbonyl (C=O) groups is 1. The Kier molecular flexibility index (Phi) is 5.59. The van der Waals surface area contributed by atoms with Gasteiger partial charge in [-0.3, -0.25) is 4.79 Å². The lowest BCUT2D eigenvalue weighted by Crippen LogP contribution is -2.03. The second kappa shape index (κ2) is 6.16. The molecular formula is C11H17NO3. The van der Waals surface area contributed by atoms with Crippen LogP contribution in [-0.4, -0.2) is 23.1 Å². The van der Waals surface area contributed by atoms with Gasteiger partial charge in [0.25, 0.3) is 0 Å². The molecule has 1 aromatic carbocycles. The Balaban J connectivity index is 0.00000196. The first-order chi connectivity index (χ1) is 6.63. The summed E-state index contributed by atoms with van der Waals surface area (Å²) >= 11 is 0. The molecule has 0 aliphatic carbocycles. The summed E-state index contributed by atoms with van der Waals surface area (Å²) in [5, 5.41) is 11.6. The molecule has 0 fully saturated rings. The molecular weight excluding hydrogens is 194 g/mol. The Hall–Kier alpha value is -1.39. The van der Waals surface area contributed by atoms with Gasteiger partial charge < -0.3 is 15.9 Å². The SMILES string of the molecule is CC(=O)Cc1ccc(C)c(NCO)c1.O. The summed E-state index contributed by atoms with van der Waals surface area (Å²) in [5.41, 5.74) is 2.91. The van der Waals surface area contributed by atoms with E-state index >= 15 is 0 Å². The maximum atomic E-state index is 10.9. The summed E-state index contributed by atoms with van der Waals surface area (Å²) in [6, 6.07) is 5.77. The van der Waals surface area contributed by atoms with Crippen LogP contribution in [0.15, 0.2) is 18.2 Å². The van der Waals surface area contributed by atoms with Crippen molar-refractivity contribution in [1.82, 2.24) is 0 Å². The van der Waals surface area contributed by atoms with Crippen molar-refractivity contribution in [3.05, 3.63) is 29.3 Å². The van der Waals surface area contributed by atoms with Crippen LogP contribution in [0.25, 0.3) is 0 Å². The number of aliphatic hydroxyl groups excluding tert-OH is 1. The summed E-state index contributed by atoms with van der Waals surface area (Å²) in [4.78, 5) is 10.9. The molecule has 0 amide bonds. The normalized spacial score (nSPS) is 9.27. The maximum absolute atomic E-state index is 10.9. The van der Waals surface area contributed by atoms with Crippen LogP contribution >= 0.6 is 0 Å². The van der Waals surface area contributed by atoms with E-state index in [2.05, 4.69) is 5.32 Å². The summed E-state index contributed by atoms with van der Waals surface area (Å²) < 4.78 is 0. The number of anilines is 1. The number of benzene rings is 1. The Bertz CT molecular complexity index is 337. The van der Waals surface area contributed by atoms with Crippen LogP contribution in [0.3, 0.4) is 0 Å². The van der Waals surface area contributed by atoms with Crippen LogP contribution < -0.4 is 5.32 Å². The predicted molar refractivity (Wildman–Crippen MR) is 59.9 cm³/mol. The maximum Gasteiger partial charge on any atom is 0.134 e. The summed E-state index contributed by atoms with van der Waals surface area (Å²) in [6.45, 7) is 3.43. The minimum atomic E-state index is -0.0929. The molecule has 0 heterocycles. The molecule has 4 nitrogen and oxygen atoms in total. The molecule has 0 unspecified atom stereocenters. The summed E-state index contributed by atoms with van der Waals surface area (Å²) in [5.74, 6) is 0.142. The average Bonchev–Trinajstić information content (AvgIpc) is 2.10. The zero-order valence-corrected chi connectivity index (χ0v) is 9.00. The highest BCUT2D eigenvalue weighted by Crippen LogP contribution is 2.16. The van der Waals surface area contributed by atoms with E-state index in [1.165, 1.54) is 0 Å². The summed E-state index contributed by atoms with van der Waals surface area (Å²) in [6.07, 6.45) is 0.445. The number of hydrogen-bond acceptors (Lipinski definition) is 3. The van der Waals surface area contributed by atoms with Crippen LogP contribution in [0.4, 0.5) is 5.69 Å². The van der Waals surface area contributed by atoms with Gasteiger partial charge in [-0.25, -0.2) is 0 Å². The van der Waals surface area contributed by atoms with Crippen molar-refractivity contribution in [3.63, 3.8) is 0 Å². The molecule has 0 radical (unpaired) electrons. The van der Waals surface area contributed by atoms with Crippen LogP contribution in [-0.2, 0) is 11.2 Å². The second-order valence-corrected chi connectivity index (χ2v) is 3.36. The van der Waals surface area contributed by atoms with Gasteiger partial charge in [-0.2, -0.15) is 0 Å². The molecule has 1 aromatic rings. The standard InChI is InChI=1S/C11H15NO2.H2O/c1-8-3-4-10(5-9(2)14)6-11(8)12-7-13;/h3-4,6,12-13H,5,7H2,1-2H3;1H2. The lowest BCUT2D eigenvalue weighted by Gasteiger charge is -2.08. The molecule has 0 spiro atoms. The monoisotopic (exact) mass is 211 g/mol. The van der Waals surface area contributed by atoms with E-state index < -0.39 is 0 Å². The van der Waals surface area contributed by atoms with E-state index in [9.17, 15) is 4.79 Å². The van der Waals surface area contributed by atoms with Crippen LogP contribution in [0, 0.1) is 6.92 Å². The van der Waals surface area contributed by atoms with Crippen molar-refractivity contribution in [3.8, 4) is 0 Å². The first-order valence-electron chi connectivity index (χ1n) is 4.57. The van der Waals surface area contributed by atoms with Gasteiger partial charge in [0, 0.05) is 12.1 Å². The van der Waals surface area contributed by atoms with Crippen LogP contribution in [0.2, 0.25) is 0 Å². The highest BCUT2D eigenvalue weighted by atomic mass is 16.3. The van der Waals surface area contributed by atoms with Gasteiger partial charge in [-0.1, -0.05) is 12.1 Å². The quantitative estimate of drug-likeness (QED) is 0.718. The van der Waals surface area contributed by atoms with E-state index in [1.807, 2.05) is 25.1 Å². The number of carbonyl (C=O) groups excluding carboxylic acids is 1. The van der Waals surface area contributed by atoms with Crippen LogP contribution in [0.5, 0.6) is 0 Å². The zero-order valence-electron chi connectivity index (χ0n) is 9.00. The first kappa shape index (κ1) is 13.6. The molecule has 0 aliphatic heterocycles. The molecule has 1 rings (SSSR count). The Morgan fingerprint density at radius 3 is 2.67 bits per heavy atom. The fourth-order valence-electron chi connectivity index (χ4n) is 1.34. The largest absolute Gasteiger partial charge is 0.412 e. The number of Topliss-reactive ketones (excluding diaryl/α,β-unsaturated/α-hetero) is 1. The number of nitrogens with one attached hydrogen (secondary N) is 1. The molecule has 15 heavy (non-hydrogen) atoms. The molecule has 0 aromatic heterocycles. The third kappa shape index (κ3) is 4.10. The number of aliphatic hydroxyl groups is 1. The van der Waals surface area contributed by atoms with Gasteiger partial charge >= 0.3 is 0 Å². The summed E-state index contributed by atoms with van der Waals surface area (Å²) in [7, 11) is 0. The Labute approximate surface area is 89.2 Å². The fraction of sp³-hybridized carbons (Fsp3) is 0.364. The zero-order chi connectivity index (χ0) is 10.6. The minimum absolute atomic E-state index is 0. The van der Waals surface area contributed by atoms with Crippen molar-refractivity contribution in [2.24, 2.45) is 0 Å². The van der Waals surface area contributed by atoms with E-state index in [0.29, 0.717) is 6.42 Å². The van der Waals surface area contributed by atoms with Crippen molar-refractivity contribution < 1.29 is 15.4 Å². The van der Waals surface area contributed by atoms with E-state index in [4.69, 9.17) is 5.11 Å². The van der Waals surface area contributed by atoms with Gasteiger partial charge in [0.15, 0.2) is 0 Å². The molecule has 4 heteroatoms. The van der Waals surface area contributed by atoms with E-state index in [0.717, 1.165) is 16.8 Å². The molecule has 84 valence electrons. The predicted octanol–water partition coefficient (Wildman–Crippen LogP) is 0.664. The number of ketones is 1. The average molecular weight is 211 g/mol. The molecule has 0 bridgehead atoms. The first-order valence-corrected chi connectivity index (χ1v) is 4.57. The minimum Gasteiger partial charge on any atom is -0.412 e. The highest BCUT2D eigenvalue weighted by Gasteiger charge is 2.01. The third-order valence-corrected chi connectivity index (χ3v) is 2.02. The lowest BCUT2D eigenvalue weighted by molar-refractivity contribution is -0.116. The molecule has 0 saturated heterocycles. The van der Waals surface area contributed by atoms with Crippen molar-refractivity contribution >= 4 is 11.5 Å². The van der Waals surface area contributed by atoms with E-state index in [-0.39, 0.29) is 18.0 Å². The number of aryl methyl sites for hydroxylation is 1. The number of hydrogen-bond donors (Lipinski definition) is 2. The van der Waals surface area contributed by atoms with Crippen LogP contribution in [0.1, 0.15) is 18.1 Å². The van der Waals surface area contributed by atoms with Crippen molar-refractivity contribution in [2.45, 2.75) is 20.3 Å². The van der Waals surface area contributed by atoms with Gasteiger partial charge in [0.1, 0.15) is 12.5 Å². The van der Waals surface area contributed by atoms with Crippen molar-refractivity contribution in [2.75, 3.05) is 12.0 Å². The van der Waals surface area contributed by atoms with E-state index in [1.54, 1.807) is 6.92 Å². The Morgan fingerprint density at radius 1 is 1.47 bits per heavy atom. The highest BCUT2D eigenvalue weighted by molar-refractivity contribution is 5.78. The molecule has 0 aliphatic rings. The number of rotatable bonds is 4. The third-order valence-electron chi connectivity index (χ3n) is 2.02. The topological polar surface area (TPSA) is 80.8 Å². The van der Waals surface area contributed by atoms with Crippen molar-refractivity contribution in [1.29, 1.82) is 0 Å². The molecule has 0 saturated carbocycles. The van der Waals surface area contributed by atoms with Gasteiger partial charge in [0.05, 0.1) is 0 Å². The molecule has 0 atom stereocenters. The smallest absolute Gasteiger partial charge is 0.134 e.